The lowest BCUT2D eigenvalue weighted by Crippen LogP contribution is -2.01. The van der Waals surface area contributed by atoms with Crippen molar-refractivity contribution in [3.63, 3.8) is 0 Å². The van der Waals surface area contributed by atoms with Crippen molar-refractivity contribution in [3.05, 3.63) is 66.5 Å². The third-order valence-electron chi connectivity index (χ3n) is 3.49. The fourth-order valence-electron chi connectivity index (χ4n) is 2.46. The van der Waals surface area contributed by atoms with Gasteiger partial charge in [-0.3, -0.25) is 4.98 Å². The summed E-state index contributed by atoms with van der Waals surface area (Å²) in [5.74, 6) is -2.90. The molecule has 3 heterocycles. The highest BCUT2D eigenvalue weighted by Gasteiger charge is 2.18. The van der Waals surface area contributed by atoms with Crippen molar-refractivity contribution in [2.45, 2.75) is 0 Å². The molecule has 0 aliphatic rings. The Morgan fingerprint density at radius 3 is 2.33 bits per heavy atom. The molecule has 0 saturated heterocycles. The van der Waals surface area contributed by atoms with Gasteiger partial charge in [0.2, 0.25) is 0 Å². The van der Waals surface area contributed by atoms with Crippen LogP contribution in [-0.4, -0.2) is 24.6 Å². The Hall–Kier alpha value is -3.29. The van der Waals surface area contributed by atoms with Crippen LogP contribution in [0.1, 0.15) is 0 Å². The summed E-state index contributed by atoms with van der Waals surface area (Å²) in [5.41, 5.74) is 0.819. The molecule has 0 aliphatic heterocycles. The minimum absolute atomic E-state index is 0.00249. The molecule has 0 saturated carbocycles. The van der Waals surface area contributed by atoms with Gasteiger partial charge in [0, 0.05) is 30.1 Å². The van der Waals surface area contributed by atoms with Crippen LogP contribution in [0.15, 0.2) is 49.1 Å². The third-order valence-corrected chi connectivity index (χ3v) is 3.49. The van der Waals surface area contributed by atoms with Crippen molar-refractivity contribution in [1.82, 2.24) is 24.6 Å². The Bertz CT molecular complexity index is 1020. The number of pyridine rings is 1. The van der Waals surface area contributed by atoms with E-state index in [9.17, 15) is 13.2 Å². The third kappa shape index (κ3) is 2.28. The van der Waals surface area contributed by atoms with Crippen LogP contribution in [0, 0.1) is 17.5 Å². The number of aromatic nitrogens is 5. The molecule has 118 valence electrons. The Kier molecular flexibility index (Phi) is 3.23. The molecule has 24 heavy (non-hydrogen) atoms. The second-order valence-electron chi connectivity index (χ2n) is 4.98. The molecule has 4 rings (SSSR count). The first-order chi connectivity index (χ1) is 11.6. The van der Waals surface area contributed by atoms with Gasteiger partial charge in [-0.1, -0.05) is 0 Å². The number of hydrogen-bond acceptors (Lipinski definition) is 4. The second kappa shape index (κ2) is 5.41. The van der Waals surface area contributed by atoms with Crippen molar-refractivity contribution in [3.8, 4) is 22.5 Å². The summed E-state index contributed by atoms with van der Waals surface area (Å²) in [5, 5.41) is 4.06. The topological polar surface area (TPSA) is 56.0 Å². The van der Waals surface area contributed by atoms with Gasteiger partial charge in [0.05, 0.1) is 17.0 Å². The number of rotatable bonds is 2. The van der Waals surface area contributed by atoms with Crippen molar-refractivity contribution < 1.29 is 13.2 Å². The number of nitrogens with zero attached hydrogens (tertiary/aromatic N) is 5. The van der Waals surface area contributed by atoms with Crippen LogP contribution in [-0.2, 0) is 0 Å². The summed E-state index contributed by atoms with van der Waals surface area (Å²) in [6.45, 7) is 0. The van der Waals surface area contributed by atoms with Gasteiger partial charge in [0.1, 0.15) is 23.8 Å². The smallest absolute Gasteiger partial charge is 0.253 e. The van der Waals surface area contributed by atoms with Crippen LogP contribution >= 0.6 is 0 Å². The molecule has 0 amide bonds. The van der Waals surface area contributed by atoms with Crippen LogP contribution in [0.4, 0.5) is 13.2 Å². The zero-order valence-electron chi connectivity index (χ0n) is 12.0. The highest BCUT2D eigenvalue weighted by Crippen LogP contribution is 2.29. The highest BCUT2D eigenvalue weighted by molar-refractivity contribution is 5.70. The first-order valence-electron chi connectivity index (χ1n) is 6.89. The molecule has 1 aromatic carbocycles. The summed E-state index contributed by atoms with van der Waals surface area (Å²) in [7, 11) is 0. The molecule has 3 aromatic heterocycles. The number of hydrogen-bond donors (Lipinski definition) is 0. The van der Waals surface area contributed by atoms with Crippen molar-refractivity contribution in [2.75, 3.05) is 0 Å². The molecule has 5 nitrogen and oxygen atoms in total. The van der Waals surface area contributed by atoms with Crippen LogP contribution in [0.25, 0.3) is 28.3 Å². The quantitative estimate of drug-likeness (QED) is 0.567. The lowest BCUT2D eigenvalue weighted by Gasteiger charge is -2.09. The van der Waals surface area contributed by atoms with Gasteiger partial charge < -0.3 is 0 Å². The Morgan fingerprint density at radius 2 is 1.62 bits per heavy atom. The van der Waals surface area contributed by atoms with E-state index in [0.717, 1.165) is 0 Å². The summed E-state index contributed by atoms with van der Waals surface area (Å²) in [6.07, 6.45) is 4.45. The van der Waals surface area contributed by atoms with Crippen molar-refractivity contribution >= 4 is 5.78 Å². The first-order valence-corrected chi connectivity index (χ1v) is 6.89. The Morgan fingerprint density at radius 1 is 0.917 bits per heavy atom. The lowest BCUT2D eigenvalue weighted by molar-refractivity contribution is 0.547. The van der Waals surface area contributed by atoms with Crippen molar-refractivity contribution in [1.29, 1.82) is 0 Å². The maximum absolute atomic E-state index is 14.1. The largest absolute Gasteiger partial charge is 0.265 e. The fraction of sp³-hybridized carbons (Fsp3) is 0. The number of halogens is 3. The molecule has 8 heteroatoms. The van der Waals surface area contributed by atoms with E-state index in [4.69, 9.17) is 0 Å². The van der Waals surface area contributed by atoms with E-state index in [0.29, 0.717) is 23.4 Å². The van der Waals surface area contributed by atoms with Gasteiger partial charge >= 0.3 is 0 Å². The molecular weight excluding hydrogens is 319 g/mol. The first kappa shape index (κ1) is 14.3. The monoisotopic (exact) mass is 327 g/mol. The van der Waals surface area contributed by atoms with Crippen LogP contribution in [0.3, 0.4) is 0 Å². The van der Waals surface area contributed by atoms with E-state index < -0.39 is 23.0 Å². The molecule has 0 aliphatic carbocycles. The molecule has 0 bridgehead atoms. The summed E-state index contributed by atoms with van der Waals surface area (Å²) < 4.78 is 42.7. The minimum atomic E-state index is -1.04. The van der Waals surface area contributed by atoms with E-state index in [-0.39, 0.29) is 11.5 Å². The van der Waals surface area contributed by atoms with Crippen LogP contribution in [0.2, 0.25) is 0 Å². The summed E-state index contributed by atoms with van der Waals surface area (Å²) >= 11 is 0. The molecule has 0 fully saturated rings. The molecule has 0 atom stereocenters. The SMILES string of the molecule is Fc1cc(F)c(-c2cc(-c3ccncc3)n3ncnc3n2)c(F)c1. The van der Waals surface area contributed by atoms with Gasteiger partial charge in [-0.2, -0.15) is 14.6 Å². The van der Waals surface area contributed by atoms with Gasteiger partial charge in [-0.05, 0) is 18.2 Å². The Balaban J connectivity index is 2.02. The zero-order valence-corrected chi connectivity index (χ0v) is 12.0. The van der Waals surface area contributed by atoms with Gasteiger partial charge in [-0.25, -0.2) is 18.2 Å². The molecule has 0 radical (unpaired) electrons. The lowest BCUT2D eigenvalue weighted by atomic mass is 10.1. The van der Waals surface area contributed by atoms with Crippen LogP contribution < -0.4 is 0 Å². The molecule has 0 N–H and O–H groups in total. The van der Waals surface area contributed by atoms with Crippen molar-refractivity contribution in [2.24, 2.45) is 0 Å². The minimum Gasteiger partial charge on any atom is -0.265 e. The maximum atomic E-state index is 14.1. The van der Waals surface area contributed by atoms with Gasteiger partial charge in [-0.15, -0.1) is 0 Å². The standard InChI is InChI=1S/C16H8F3N5/c17-10-5-11(18)15(12(19)6-10)13-7-14(9-1-3-20-4-2-9)24-16(23-13)21-8-22-24/h1-8H. The summed E-state index contributed by atoms with van der Waals surface area (Å²) in [6, 6.07) is 6.13. The average molecular weight is 327 g/mol. The fourth-order valence-corrected chi connectivity index (χ4v) is 2.46. The normalized spacial score (nSPS) is 11.1. The molecule has 0 unspecified atom stereocenters. The maximum Gasteiger partial charge on any atom is 0.253 e. The van der Waals surface area contributed by atoms with Gasteiger partial charge in [0.15, 0.2) is 0 Å². The predicted molar refractivity (Wildman–Crippen MR) is 79.3 cm³/mol. The van der Waals surface area contributed by atoms with E-state index >= 15 is 0 Å². The van der Waals surface area contributed by atoms with E-state index in [1.807, 2.05) is 0 Å². The average Bonchev–Trinajstić information content (AvgIpc) is 3.02. The van der Waals surface area contributed by atoms with Gasteiger partial charge in [0.25, 0.3) is 5.78 Å². The second-order valence-corrected chi connectivity index (χ2v) is 4.98. The van der Waals surface area contributed by atoms with E-state index in [1.165, 1.54) is 16.9 Å². The Labute approximate surface area is 133 Å². The zero-order chi connectivity index (χ0) is 16.7. The van der Waals surface area contributed by atoms with E-state index in [2.05, 4.69) is 20.1 Å². The molecular formula is C16H8F3N5. The molecule has 4 aromatic rings. The molecule has 0 spiro atoms. The number of fused-ring (bicyclic) bond motifs is 1. The van der Waals surface area contributed by atoms with Crippen LogP contribution in [0.5, 0.6) is 0 Å². The predicted octanol–water partition coefficient (Wildman–Crippen LogP) is 3.27. The summed E-state index contributed by atoms with van der Waals surface area (Å²) in [4.78, 5) is 12.0. The number of benzene rings is 1. The highest BCUT2D eigenvalue weighted by atomic mass is 19.1. The van der Waals surface area contributed by atoms with E-state index in [1.54, 1.807) is 24.5 Å².